The predicted molar refractivity (Wildman–Crippen MR) is 47.5 cm³/mol. The van der Waals surface area contributed by atoms with Crippen LogP contribution in [0.3, 0.4) is 0 Å². The standard InChI is InChI=1S/C9H9ClF2O/c10-5-7-2-1-3-8(4-7)13-6-9(11)12/h1-4,9H,5-6H2. The van der Waals surface area contributed by atoms with Crippen LogP contribution in [0.1, 0.15) is 5.56 Å². The summed E-state index contributed by atoms with van der Waals surface area (Å²) in [7, 11) is 0. The van der Waals surface area contributed by atoms with E-state index < -0.39 is 13.0 Å². The number of ether oxygens (including phenoxy) is 1. The van der Waals surface area contributed by atoms with Crippen LogP contribution >= 0.6 is 11.6 Å². The zero-order valence-corrected chi connectivity index (χ0v) is 7.60. The molecule has 1 aromatic carbocycles. The van der Waals surface area contributed by atoms with Crippen LogP contribution in [0.5, 0.6) is 5.75 Å². The van der Waals surface area contributed by atoms with Crippen molar-refractivity contribution in [2.45, 2.75) is 12.3 Å². The molecule has 0 atom stereocenters. The third kappa shape index (κ3) is 3.59. The highest BCUT2D eigenvalue weighted by molar-refractivity contribution is 6.17. The lowest BCUT2D eigenvalue weighted by molar-refractivity contribution is 0.0819. The van der Waals surface area contributed by atoms with E-state index >= 15 is 0 Å². The van der Waals surface area contributed by atoms with Gasteiger partial charge in [0.05, 0.1) is 0 Å². The van der Waals surface area contributed by atoms with E-state index in [1.165, 1.54) is 0 Å². The first-order chi connectivity index (χ1) is 6.22. The Morgan fingerprint density at radius 2 is 2.15 bits per heavy atom. The SMILES string of the molecule is FC(F)COc1cccc(CCl)c1. The van der Waals surface area contributed by atoms with Gasteiger partial charge in [-0.25, -0.2) is 8.78 Å². The summed E-state index contributed by atoms with van der Waals surface area (Å²) in [6.45, 7) is -0.578. The monoisotopic (exact) mass is 206 g/mol. The molecule has 1 nitrogen and oxygen atoms in total. The lowest BCUT2D eigenvalue weighted by Gasteiger charge is -2.05. The van der Waals surface area contributed by atoms with E-state index in [0.29, 0.717) is 11.6 Å². The maximum Gasteiger partial charge on any atom is 0.272 e. The highest BCUT2D eigenvalue weighted by atomic mass is 35.5. The van der Waals surface area contributed by atoms with Crippen LogP contribution in [0.4, 0.5) is 8.78 Å². The third-order valence-electron chi connectivity index (χ3n) is 1.43. The van der Waals surface area contributed by atoms with Crippen molar-refractivity contribution in [1.29, 1.82) is 0 Å². The van der Waals surface area contributed by atoms with Gasteiger partial charge in [-0.15, -0.1) is 11.6 Å². The van der Waals surface area contributed by atoms with Crippen molar-refractivity contribution in [3.05, 3.63) is 29.8 Å². The second-order valence-corrected chi connectivity index (χ2v) is 2.75. The van der Waals surface area contributed by atoms with E-state index in [1.54, 1.807) is 18.2 Å². The molecule has 4 heteroatoms. The first kappa shape index (κ1) is 10.3. The van der Waals surface area contributed by atoms with Crippen LogP contribution in [0, 0.1) is 0 Å². The zero-order valence-electron chi connectivity index (χ0n) is 6.84. The molecule has 1 rings (SSSR count). The fraction of sp³-hybridized carbons (Fsp3) is 0.333. The van der Waals surface area contributed by atoms with Gasteiger partial charge < -0.3 is 4.74 Å². The quantitative estimate of drug-likeness (QED) is 0.688. The summed E-state index contributed by atoms with van der Waals surface area (Å²) in [4.78, 5) is 0. The molecule has 0 saturated heterocycles. The van der Waals surface area contributed by atoms with Gasteiger partial charge in [-0.05, 0) is 17.7 Å². The van der Waals surface area contributed by atoms with E-state index in [-0.39, 0.29) is 0 Å². The Labute approximate surface area is 80.3 Å². The summed E-state index contributed by atoms with van der Waals surface area (Å²) < 4.78 is 28.3. The van der Waals surface area contributed by atoms with Crippen molar-refractivity contribution in [2.24, 2.45) is 0 Å². The Balaban J connectivity index is 2.56. The van der Waals surface area contributed by atoms with Gasteiger partial charge in [0.15, 0.2) is 0 Å². The van der Waals surface area contributed by atoms with Crippen molar-refractivity contribution in [3.8, 4) is 5.75 Å². The summed E-state index contributed by atoms with van der Waals surface area (Å²) in [5.74, 6) is 0.782. The molecule has 72 valence electrons. The molecule has 0 aromatic heterocycles. The average molecular weight is 207 g/mol. The minimum absolute atomic E-state index is 0.353. The summed E-state index contributed by atoms with van der Waals surface area (Å²) in [6.07, 6.45) is -2.44. The molecule has 1 aromatic rings. The van der Waals surface area contributed by atoms with Crippen LogP contribution in [-0.4, -0.2) is 13.0 Å². The Kier molecular flexibility index (Phi) is 3.96. The van der Waals surface area contributed by atoms with E-state index in [9.17, 15) is 8.78 Å². The normalized spacial score (nSPS) is 10.5. The van der Waals surface area contributed by atoms with Crippen molar-refractivity contribution in [2.75, 3.05) is 6.61 Å². The molecule has 0 radical (unpaired) electrons. The first-order valence-electron chi connectivity index (χ1n) is 3.78. The van der Waals surface area contributed by atoms with E-state index in [1.807, 2.05) is 6.07 Å². The minimum Gasteiger partial charge on any atom is -0.488 e. The number of halogens is 3. The third-order valence-corrected chi connectivity index (χ3v) is 1.74. The molecule has 0 fully saturated rings. The molecule has 0 aliphatic carbocycles. The summed E-state index contributed by atoms with van der Waals surface area (Å²) in [5.41, 5.74) is 0.855. The van der Waals surface area contributed by atoms with E-state index in [4.69, 9.17) is 16.3 Å². The summed E-state index contributed by atoms with van der Waals surface area (Å²) >= 11 is 5.56. The molecular formula is C9H9ClF2O. The van der Waals surface area contributed by atoms with Crippen molar-refractivity contribution >= 4 is 11.6 Å². The maximum atomic E-state index is 11.8. The van der Waals surface area contributed by atoms with Crippen LogP contribution in [0.25, 0.3) is 0 Å². The molecule has 0 amide bonds. The Bertz CT molecular complexity index is 266. The van der Waals surface area contributed by atoms with Gasteiger partial charge in [-0.3, -0.25) is 0 Å². The molecule has 13 heavy (non-hydrogen) atoms. The second kappa shape index (κ2) is 5.02. The summed E-state index contributed by atoms with van der Waals surface area (Å²) in [6, 6.07) is 6.80. The largest absolute Gasteiger partial charge is 0.488 e. The Hall–Kier alpha value is -0.830. The van der Waals surface area contributed by atoms with E-state index in [2.05, 4.69) is 0 Å². The first-order valence-corrected chi connectivity index (χ1v) is 4.31. The number of alkyl halides is 3. The van der Waals surface area contributed by atoms with Crippen molar-refractivity contribution in [1.82, 2.24) is 0 Å². The van der Waals surface area contributed by atoms with E-state index in [0.717, 1.165) is 5.56 Å². The minimum atomic E-state index is -2.44. The fourth-order valence-electron chi connectivity index (χ4n) is 0.878. The number of rotatable bonds is 4. The smallest absolute Gasteiger partial charge is 0.272 e. The van der Waals surface area contributed by atoms with Gasteiger partial charge in [0.1, 0.15) is 12.4 Å². The topological polar surface area (TPSA) is 9.23 Å². The molecule has 0 saturated carbocycles. The molecule has 0 heterocycles. The van der Waals surface area contributed by atoms with Gasteiger partial charge in [0, 0.05) is 5.88 Å². The Morgan fingerprint density at radius 3 is 2.77 bits per heavy atom. The molecule has 0 aliphatic rings. The number of benzene rings is 1. The molecule has 0 aliphatic heterocycles. The van der Waals surface area contributed by atoms with Crippen LogP contribution in [-0.2, 0) is 5.88 Å². The lowest BCUT2D eigenvalue weighted by atomic mass is 10.2. The van der Waals surface area contributed by atoms with Crippen molar-refractivity contribution in [3.63, 3.8) is 0 Å². The highest BCUT2D eigenvalue weighted by Gasteiger charge is 2.03. The van der Waals surface area contributed by atoms with Crippen LogP contribution in [0.15, 0.2) is 24.3 Å². The van der Waals surface area contributed by atoms with Gasteiger partial charge in [0.2, 0.25) is 0 Å². The maximum absolute atomic E-state index is 11.8. The fourth-order valence-corrected chi connectivity index (χ4v) is 1.04. The lowest BCUT2D eigenvalue weighted by Crippen LogP contribution is -2.06. The van der Waals surface area contributed by atoms with Crippen molar-refractivity contribution < 1.29 is 13.5 Å². The second-order valence-electron chi connectivity index (χ2n) is 2.48. The van der Waals surface area contributed by atoms with Gasteiger partial charge >= 0.3 is 0 Å². The number of hydrogen-bond donors (Lipinski definition) is 0. The van der Waals surface area contributed by atoms with Gasteiger partial charge in [0.25, 0.3) is 6.43 Å². The zero-order chi connectivity index (χ0) is 9.68. The number of hydrogen-bond acceptors (Lipinski definition) is 1. The predicted octanol–water partition coefficient (Wildman–Crippen LogP) is 3.07. The molecular weight excluding hydrogens is 198 g/mol. The molecule has 0 N–H and O–H groups in total. The average Bonchev–Trinajstić information content (AvgIpc) is 2.15. The van der Waals surface area contributed by atoms with Gasteiger partial charge in [-0.1, -0.05) is 12.1 Å². The Morgan fingerprint density at radius 1 is 1.38 bits per heavy atom. The highest BCUT2D eigenvalue weighted by Crippen LogP contribution is 2.15. The molecule has 0 unspecified atom stereocenters. The van der Waals surface area contributed by atoms with Gasteiger partial charge in [-0.2, -0.15) is 0 Å². The molecule has 0 bridgehead atoms. The van der Waals surface area contributed by atoms with Crippen LogP contribution < -0.4 is 4.74 Å². The summed E-state index contributed by atoms with van der Waals surface area (Å²) in [5, 5.41) is 0. The molecule has 0 spiro atoms. The van der Waals surface area contributed by atoms with Crippen LogP contribution in [0.2, 0.25) is 0 Å².